The summed E-state index contributed by atoms with van der Waals surface area (Å²) in [5.41, 5.74) is 1.16. The average molecular weight is 301 g/mol. The van der Waals surface area contributed by atoms with Gasteiger partial charge in [-0.15, -0.1) is 0 Å². The fourth-order valence-electron chi connectivity index (χ4n) is 2.79. The zero-order valence-electron chi connectivity index (χ0n) is 11.8. The van der Waals surface area contributed by atoms with E-state index in [1.807, 2.05) is 18.2 Å². The fraction of sp³-hybridized carbons (Fsp3) is 0.600. The molecule has 0 aromatic heterocycles. The van der Waals surface area contributed by atoms with Crippen LogP contribution in [-0.4, -0.2) is 30.1 Å². The normalized spacial score (nSPS) is 26.4. The molecule has 1 aromatic rings. The standard InChI is InChI=1S/C15H22Cl2N2/c1-4-13-9-19(10(2)8-18-13)11(3)14-6-5-12(16)7-15(14)17/h5-7,10-11,13,18H,4,8-9H2,1-3H3. The molecule has 1 aromatic carbocycles. The molecule has 3 unspecified atom stereocenters. The van der Waals surface area contributed by atoms with Crippen molar-refractivity contribution in [1.29, 1.82) is 0 Å². The third-order valence-electron chi connectivity index (χ3n) is 4.10. The summed E-state index contributed by atoms with van der Waals surface area (Å²) in [6, 6.07) is 7.21. The van der Waals surface area contributed by atoms with E-state index in [0.29, 0.717) is 23.1 Å². The smallest absolute Gasteiger partial charge is 0.0468 e. The molecule has 4 heteroatoms. The number of halogens is 2. The molecule has 0 saturated carbocycles. The Kier molecular flexibility index (Phi) is 5.13. The Labute approximate surface area is 126 Å². The summed E-state index contributed by atoms with van der Waals surface area (Å²) in [6.07, 6.45) is 1.16. The van der Waals surface area contributed by atoms with E-state index < -0.39 is 0 Å². The second-order valence-corrected chi connectivity index (χ2v) is 6.24. The highest BCUT2D eigenvalue weighted by Crippen LogP contribution is 2.31. The molecule has 1 aliphatic rings. The molecule has 1 aliphatic heterocycles. The number of piperazine rings is 1. The quantitative estimate of drug-likeness (QED) is 0.903. The Bertz CT molecular complexity index is 436. The van der Waals surface area contributed by atoms with E-state index in [-0.39, 0.29) is 0 Å². The number of nitrogens with zero attached hydrogens (tertiary/aromatic N) is 1. The van der Waals surface area contributed by atoms with Crippen LogP contribution in [0.4, 0.5) is 0 Å². The van der Waals surface area contributed by atoms with Gasteiger partial charge in [0, 0.05) is 41.3 Å². The summed E-state index contributed by atoms with van der Waals surface area (Å²) in [6.45, 7) is 8.82. The van der Waals surface area contributed by atoms with Crippen molar-refractivity contribution in [1.82, 2.24) is 10.2 Å². The van der Waals surface area contributed by atoms with E-state index in [9.17, 15) is 0 Å². The minimum atomic E-state index is 0.316. The van der Waals surface area contributed by atoms with E-state index in [0.717, 1.165) is 30.1 Å². The largest absolute Gasteiger partial charge is 0.311 e. The van der Waals surface area contributed by atoms with E-state index in [4.69, 9.17) is 23.2 Å². The van der Waals surface area contributed by atoms with Gasteiger partial charge in [-0.3, -0.25) is 4.90 Å². The van der Waals surface area contributed by atoms with Crippen molar-refractivity contribution in [3.63, 3.8) is 0 Å². The lowest BCUT2D eigenvalue weighted by Crippen LogP contribution is -2.55. The number of hydrogen-bond acceptors (Lipinski definition) is 2. The van der Waals surface area contributed by atoms with Crippen LogP contribution in [0.15, 0.2) is 18.2 Å². The van der Waals surface area contributed by atoms with Gasteiger partial charge in [0.2, 0.25) is 0 Å². The molecule has 106 valence electrons. The van der Waals surface area contributed by atoms with Crippen molar-refractivity contribution in [2.75, 3.05) is 13.1 Å². The Balaban J connectivity index is 2.19. The van der Waals surface area contributed by atoms with Crippen molar-refractivity contribution in [2.24, 2.45) is 0 Å². The molecule has 0 radical (unpaired) electrons. The van der Waals surface area contributed by atoms with Crippen molar-refractivity contribution in [3.05, 3.63) is 33.8 Å². The first-order valence-electron chi connectivity index (χ1n) is 6.97. The van der Waals surface area contributed by atoms with Crippen LogP contribution in [0.3, 0.4) is 0 Å². The van der Waals surface area contributed by atoms with Crippen LogP contribution < -0.4 is 5.32 Å². The molecule has 0 amide bonds. The Hall–Kier alpha value is -0.280. The summed E-state index contributed by atoms with van der Waals surface area (Å²) >= 11 is 12.3. The van der Waals surface area contributed by atoms with Crippen LogP contribution in [-0.2, 0) is 0 Å². The maximum Gasteiger partial charge on any atom is 0.0468 e. The number of nitrogens with one attached hydrogen (secondary N) is 1. The van der Waals surface area contributed by atoms with Gasteiger partial charge in [0.1, 0.15) is 0 Å². The minimum absolute atomic E-state index is 0.316. The van der Waals surface area contributed by atoms with Crippen molar-refractivity contribution >= 4 is 23.2 Å². The lowest BCUT2D eigenvalue weighted by Gasteiger charge is -2.42. The van der Waals surface area contributed by atoms with Gasteiger partial charge in [0.25, 0.3) is 0 Å². The molecule has 1 fully saturated rings. The molecule has 1 N–H and O–H groups in total. The topological polar surface area (TPSA) is 15.3 Å². The van der Waals surface area contributed by atoms with E-state index in [2.05, 4.69) is 31.0 Å². The fourth-order valence-corrected chi connectivity index (χ4v) is 3.35. The monoisotopic (exact) mass is 300 g/mol. The van der Waals surface area contributed by atoms with Crippen LogP contribution in [0.5, 0.6) is 0 Å². The molecule has 2 rings (SSSR count). The summed E-state index contributed by atoms with van der Waals surface area (Å²) in [5.74, 6) is 0. The van der Waals surface area contributed by atoms with E-state index in [1.165, 1.54) is 0 Å². The highest BCUT2D eigenvalue weighted by molar-refractivity contribution is 6.35. The van der Waals surface area contributed by atoms with Crippen LogP contribution in [0, 0.1) is 0 Å². The van der Waals surface area contributed by atoms with Crippen LogP contribution in [0.1, 0.15) is 38.8 Å². The molecule has 0 aliphatic carbocycles. The van der Waals surface area contributed by atoms with Gasteiger partial charge in [-0.25, -0.2) is 0 Å². The first-order valence-corrected chi connectivity index (χ1v) is 7.72. The van der Waals surface area contributed by atoms with Gasteiger partial charge >= 0.3 is 0 Å². The van der Waals surface area contributed by atoms with Gasteiger partial charge in [-0.05, 0) is 38.0 Å². The molecule has 3 atom stereocenters. The lowest BCUT2D eigenvalue weighted by atomic mass is 10.0. The average Bonchev–Trinajstić information content (AvgIpc) is 2.38. The molecular weight excluding hydrogens is 279 g/mol. The van der Waals surface area contributed by atoms with E-state index >= 15 is 0 Å². The first-order chi connectivity index (χ1) is 9.02. The summed E-state index contributed by atoms with van der Waals surface area (Å²) in [7, 11) is 0. The van der Waals surface area contributed by atoms with E-state index in [1.54, 1.807) is 0 Å². The minimum Gasteiger partial charge on any atom is -0.311 e. The molecule has 1 heterocycles. The third kappa shape index (κ3) is 3.43. The molecule has 0 spiro atoms. The Morgan fingerprint density at radius 1 is 1.42 bits per heavy atom. The third-order valence-corrected chi connectivity index (χ3v) is 4.66. The van der Waals surface area contributed by atoms with Gasteiger partial charge in [0.05, 0.1) is 0 Å². The zero-order chi connectivity index (χ0) is 14.0. The van der Waals surface area contributed by atoms with Gasteiger partial charge in [-0.1, -0.05) is 36.2 Å². The van der Waals surface area contributed by atoms with Gasteiger partial charge in [0.15, 0.2) is 0 Å². The van der Waals surface area contributed by atoms with Crippen LogP contribution in [0.25, 0.3) is 0 Å². The van der Waals surface area contributed by atoms with Crippen molar-refractivity contribution < 1.29 is 0 Å². The molecule has 1 saturated heterocycles. The number of benzene rings is 1. The second kappa shape index (κ2) is 6.45. The zero-order valence-corrected chi connectivity index (χ0v) is 13.3. The lowest BCUT2D eigenvalue weighted by molar-refractivity contribution is 0.0976. The van der Waals surface area contributed by atoms with Gasteiger partial charge in [-0.2, -0.15) is 0 Å². The number of hydrogen-bond donors (Lipinski definition) is 1. The Morgan fingerprint density at radius 3 is 2.79 bits per heavy atom. The predicted molar refractivity (Wildman–Crippen MR) is 83.1 cm³/mol. The molecule has 0 bridgehead atoms. The summed E-state index contributed by atoms with van der Waals surface area (Å²) < 4.78 is 0. The maximum atomic E-state index is 6.33. The van der Waals surface area contributed by atoms with Crippen molar-refractivity contribution in [2.45, 2.75) is 45.3 Å². The SMILES string of the molecule is CCC1CN(C(C)c2ccc(Cl)cc2Cl)C(C)CN1. The maximum absolute atomic E-state index is 6.33. The van der Waals surface area contributed by atoms with Crippen LogP contribution in [0.2, 0.25) is 10.0 Å². The molecule has 19 heavy (non-hydrogen) atoms. The first kappa shape index (κ1) is 15.1. The summed E-state index contributed by atoms with van der Waals surface area (Å²) in [5, 5.41) is 5.04. The highest BCUT2D eigenvalue weighted by Gasteiger charge is 2.29. The van der Waals surface area contributed by atoms with Crippen LogP contribution >= 0.6 is 23.2 Å². The molecule has 2 nitrogen and oxygen atoms in total. The molecular formula is C15H22Cl2N2. The van der Waals surface area contributed by atoms with Gasteiger partial charge < -0.3 is 5.32 Å². The second-order valence-electron chi connectivity index (χ2n) is 5.40. The summed E-state index contributed by atoms with van der Waals surface area (Å²) in [4.78, 5) is 2.53. The Morgan fingerprint density at radius 2 is 2.16 bits per heavy atom. The predicted octanol–water partition coefficient (Wildman–Crippen LogP) is 4.13. The van der Waals surface area contributed by atoms with Crippen molar-refractivity contribution in [3.8, 4) is 0 Å². The highest BCUT2D eigenvalue weighted by atomic mass is 35.5. The number of rotatable bonds is 3.